The maximum Gasteiger partial charge on any atom is 0.196 e. The topological polar surface area (TPSA) is 56.5 Å². The Morgan fingerprint density at radius 3 is 2.20 bits per heavy atom. The van der Waals surface area contributed by atoms with E-state index in [-0.39, 0.29) is 0 Å². The molecule has 72 valence electrons. The van der Waals surface area contributed by atoms with E-state index in [0.717, 1.165) is 11.0 Å². The van der Waals surface area contributed by atoms with E-state index in [9.17, 15) is 0 Å². The highest BCUT2D eigenvalue weighted by Gasteiger charge is 2.03. The molecule has 5 nitrogen and oxygen atoms in total. The Hall–Kier alpha value is -2.30. The molecule has 0 N–H and O–H groups in total. The Morgan fingerprint density at radius 1 is 0.867 bits per heavy atom. The summed E-state index contributed by atoms with van der Waals surface area (Å²) in [5.41, 5.74) is 1.70. The fourth-order valence-electron chi connectivity index (χ4n) is 1.36. The molecule has 2 aromatic heterocycles. The molecule has 15 heavy (non-hydrogen) atoms. The minimum atomic E-state index is 0.619. The first kappa shape index (κ1) is 8.05. The molecule has 1 aromatic carbocycles. The lowest BCUT2D eigenvalue weighted by atomic mass is 10.3. The average molecular weight is 197 g/mol. The number of hydrogen-bond donors (Lipinski definition) is 0. The van der Waals surface area contributed by atoms with Crippen LogP contribution in [0.3, 0.4) is 0 Å². The van der Waals surface area contributed by atoms with Gasteiger partial charge in [0.25, 0.3) is 0 Å². The molecule has 5 heteroatoms. The Balaban J connectivity index is 2.21. The first-order valence-corrected chi connectivity index (χ1v) is 4.54. The molecule has 0 unspecified atom stereocenters. The van der Waals surface area contributed by atoms with Crippen LogP contribution in [0.4, 0.5) is 0 Å². The van der Waals surface area contributed by atoms with Gasteiger partial charge < -0.3 is 0 Å². The second-order valence-corrected chi connectivity index (χ2v) is 3.06. The van der Waals surface area contributed by atoms with Crippen molar-refractivity contribution in [3.63, 3.8) is 0 Å². The van der Waals surface area contributed by atoms with Crippen molar-refractivity contribution in [3.05, 3.63) is 42.6 Å². The highest BCUT2D eigenvalue weighted by molar-refractivity contribution is 5.73. The van der Waals surface area contributed by atoms with E-state index < -0.39 is 0 Å². The summed E-state index contributed by atoms with van der Waals surface area (Å²) in [6.07, 6.45) is 1.62. The van der Waals surface area contributed by atoms with E-state index in [1.165, 1.54) is 4.80 Å². The van der Waals surface area contributed by atoms with Crippen molar-refractivity contribution in [2.75, 3.05) is 0 Å². The van der Waals surface area contributed by atoms with Gasteiger partial charge in [0.1, 0.15) is 11.0 Å². The predicted octanol–water partition coefficient (Wildman–Crippen LogP) is 1.21. The van der Waals surface area contributed by atoms with Crippen LogP contribution in [0, 0.1) is 0 Å². The molecule has 0 aliphatic rings. The molecule has 0 bridgehead atoms. The zero-order chi connectivity index (χ0) is 10.1. The van der Waals surface area contributed by atoms with Gasteiger partial charge in [-0.3, -0.25) is 0 Å². The quantitative estimate of drug-likeness (QED) is 0.588. The molecule has 0 radical (unpaired) electrons. The van der Waals surface area contributed by atoms with Crippen LogP contribution in [0.15, 0.2) is 42.6 Å². The van der Waals surface area contributed by atoms with Gasteiger partial charge in [-0.25, -0.2) is 0 Å². The molecule has 3 rings (SSSR count). The largest absolute Gasteiger partial charge is 0.196 e. The SMILES string of the molecule is c1cnnc(-n2nc3ccccc3n2)c1. The highest BCUT2D eigenvalue weighted by atomic mass is 15.5. The Morgan fingerprint density at radius 2 is 1.60 bits per heavy atom. The second kappa shape index (κ2) is 3.13. The Kier molecular flexibility index (Phi) is 1.68. The highest BCUT2D eigenvalue weighted by Crippen LogP contribution is 2.09. The van der Waals surface area contributed by atoms with Gasteiger partial charge in [0.05, 0.1) is 0 Å². The summed E-state index contributed by atoms with van der Waals surface area (Å²) < 4.78 is 0. The van der Waals surface area contributed by atoms with Gasteiger partial charge in [0, 0.05) is 6.20 Å². The van der Waals surface area contributed by atoms with Crippen molar-refractivity contribution < 1.29 is 0 Å². The number of aromatic nitrogens is 5. The monoisotopic (exact) mass is 197 g/mol. The second-order valence-electron chi connectivity index (χ2n) is 3.06. The molecule has 0 spiro atoms. The zero-order valence-electron chi connectivity index (χ0n) is 7.78. The third kappa shape index (κ3) is 1.34. The maximum absolute atomic E-state index is 4.29. The molecular formula is C10H7N5. The van der Waals surface area contributed by atoms with Gasteiger partial charge in [-0.2, -0.15) is 5.10 Å². The van der Waals surface area contributed by atoms with Gasteiger partial charge in [0.2, 0.25) is 0 Å². The lowest BCUT2D eigenvalue weighted by Gasteiger charge is -1.93. The predicted molar refractivity (Wildman–Crippen MR) is 54.5 cm³/mol. The van der Waals surface area contributed by atoms with Crippen LogP contribution in [0.2, 0.25) is 0 Å². The van der Waals surface area contributed by atoms with Gasteiger partial charge in [-0.1, -0.05) is 12.1 Å². The molecule has 0 atom stereocenters. The molecule has 0 saturated carbocycles. The van der Waals surface area contributed by atoms with Crippen molar-refractivity contribution in [3.8, 4) is 5.82 Å². The van der Waals surface area contributed by atoms with Gasteiger partial charge >= 0.3 is 0 Å². The molecule has 0 saturated heterocycles. The number of nitrogens with zero attached hydrogens (tertiary/aromatic N) is 5. The van der Waals surface area contributed by atoms with Crippen LogP contribution in [0.25, 0.3) is 16.9 Å². The minimum Gasteiger partial charge on any atom is -0.157 e. The van der Waals surface area contributed by atoms with E-state index in [4.69, 9.17) is 0 Å². The van der Waals surface area contributed by atoms with E-state index in [0.29, 0.717) is 5.82 Å². The molecule has 0 aliphatic carbocycles. The Labute approximate surface area is 85.4 Å². The third-order valence-corrected chi connectivity index (χ3v) is 2.05. The molecule has 0 amide bonds. The van der Waals surface area contributed by atoms with Crippen molar-refractivity contribution in [1.82, 2.24) is 25.2 Å². The minimum absolute atomic E-state index is 0.619. The van der Waals surface area contributed by atoms with Gasteiger partial charge in [0.15, 0.2) is 5.82 Å². The Bertz CT molecular complexity index is 554. The fraction of sp³-hybridized carbons (Fsp3) is 0. The smallest absolute Gasteiger partial charge is 0.157 e. The van der Waals surface area contributed by atoms with Crippen LogP contribution >= 0.6 is 0 Å². The molecular weight excluding hydrogens is 190 g/mol. The number of hydrogen-bond acceptors (Lipinski definition) is 4. The van der Waals surface area contributed by atoms with E-state index in [1.807, 2.05) is 30.3 Å². The maximum atomic E-state index is 4.29. The summed E-state index contributed by atoms with van der Waals surface area (Å²) >= 11 is 0. The summed E-state index contributed by atoms with van der Waals surface area (Å²) in [4.78, 5) is 1.48. The summed E-state index contributed by atoms with van der Waals surface area (Å²) in [6.45, 7) is 0. The molecule has 2 heterocycles. The number of benzene rings is 1. The standard InChI is InChI=1S/C10H7N5/c1-2-5-9-8(4-1)13-15(14-9)10-6-3-7-11-12-10/h1-7H. The third-order valence-electron chi connectivity index (χ3n) is 2.05. The lowest BCUT2D eigenvalue weighted by molar-refractivity contribution is 0.724. The normalized spacial score (nSPS) is 10.7. The summed E-state index contributed by atoms with van der Waals surface area (Å²) in [7, 11) is 0. The van der Waals surface area contributed by atoms with Crippen LogP contribution < -0.4 is 0 Å². The van der Waals surface area contributed by atoms with Crippen molar-refractivity contribution in [2.45, 2.75) is 0 Å². The zero-order valence-corrected chi connectivity index (χ0v) is 7.78. The van der Waals surface area contributed by atoms with Crippen molar-refractivity contribution >= 4 is 11.0 Å². The molecule has 0 fully saturated rings. The van der Waals surface area contributed by atoms with E-state index >= 15 is 0 Å². The summed E-state index contributed by atoms with van der Waals surface area (Å²) in [5.74, 6) is 0.619. The molecule has 0 aliphatic heterocycles. The summed E-state index contributed by atoms with van der Waals surface area (Å²) in [6, 6.07) is 11.3. The summed E-state index contributed by atoms with van der Waals surface area (Å²) in [5, 5.41) is 16.3. The van der Waals surface area contributed by atoms with Gasteiger partial charge in [-0.15, -0.1) is 20.1 Å². The first-order valence-electron chi connectivity index (χ1n) is 4.54. The van der Waals surface area contributed by atoms with Crippen LogP contribution in [-0.2, 0) is 0 Å². The number of fused-ring (bicyclic) bond motifs is 1. The van der Waals surface area contributed by atoms with E-state index in [2.05, 4.69) is 20.4 Å². The average Bonchev–Trinajstić information content (AvgIpc) is 2.74. The molecule has 3 aromatic rings. The van der Waals surface area contributed by atoms with Crippen LogP contribution in [0.1, 0.15) is 0 Å². The number of rotatable bonds is 1. The fourth-order valence-corrected chi connectivity index (χ4v) is 1.36. The first-order chi connectivity index (χ1) is 7.43. The van der Waals surface area contributed by atoms with E-state index in [1.54, 1.807) is 12.3 Å². The van der Waals surface area contributed by atoms with Crippen LogP contribution in [-0.4, -0.2) is 25.2 Å². The van der Waals surface area contributed by atoms with Crippen molar-refractivity contribution in [2.24, 2.45) is 0 Å². The van der Waals surface area contributed by atoms with Crippen LogP contribution in [0.5, 0.6) is 0 Å². The van der Waals surface area contributed by atoms with Crippen molar-refractivity contribution in [1.29, 1.82) is 0 Å². The lowest BCUT2D eigenvalue weighted by Crippen LogP contribution is -2.01. The van der Waals surface area contributed by atoms with Gasteiger partial charge in [-0.05, 0) is 24.3 Å².